The van der Waals surface area contributed by atoms with Crippen molar-refractivity contribution in [2.45, 2.75) is 50.6 Å². The number of hydrogen-bond donors (Lipinski definition) is 4. The fourth-order valence-electron chi connectivity index (χ4n) is 2.23. The molecule has 0 aliphatic carbocycles. The van der Waals surface area contributed by atoms with Crippen molar-refractivity contribution in [3.8, 4) is 0 Å². The molecule has 1 aliphatic rings. The highest BCUT2D eigenvalue weighted by Gasteiger charge is 2.45. The van der Waals surface area contributed by atoms with Crippen LogP contribution >= 0.6 is 24.0 Å². The number of hydrogen-bond acceptors (Lipinski definition) is 7. The molecule has 128 valence electrons. The van der Waals surface area contributed by atoms with E-state index in [1.807, 2.05) is 18.7 Å². The molecular formula is C13H24N2O5S2. The van der Waals surface area contributed by atoms with Gasteiger partial charge in [0.1, 0.15) is 28.1 Å². The molecular weight excluding hydrogens is 328 g/mol. The highest BCUT2D eigenvalue weighted by molar-refractivity contribution is 8.23. The third-order valence-electron chi connectivity index (χ3n) is 3.49. The number of thioether (sulfide) groups is 1. The van der Waals surface area contributed by atoms with Crippen LogP contribution in [0.3, 0.4) is 0 Å². The standard InChI is InChI=1S/C13H24N2O5S2/c1-4-15(5-2)13(21)22-12-9(14-7(3)17)11(19)10(18)8(6-16)20-12/h8-12,16,18-19H,4-6H2,1-3H3,(H,14,17)/t8-,9-,10-,11-,12+/m1/s1. The molecule has 1 rings (SSSR count). The largest absolute Gasteiger partial charge is 0.394 e. The van der Waals surface area contributed by atoms with Crippen LogP contribution in [0.2, 0.25) is 0 Å². The lowest BCUT2D eigenvalue weighted by molar-refractivity contribution is -0.173. The van der Waals surface area contributed by atoms with E-state index >= 15 is 0 Å². The van der Waals surface area contributed by atoms with E-state index in [-0.39, 0.29) is 5.91 Å². The Morgan fingerprint density at radius 2 is 1.91 bits per heavy atom. The van der Waals surface area contributed by atoms with E-state index in [1.165, 1.54) is 18.7 Å². The maximum Gasteiger partial charge on any atom is 0.217 e. The van der Waals surface area contributed by atoms with E-state index in [1.54, 1.807) is 0 Å². The Labute approximate surface area is 140 Å². The monoisotopic (exact) mass is 352 g/mol. The van der Waals surface area contributed by atoms with Crippen LogP contribution in [0.15, 0.2) is 0 Å². The van der Waals surface area contributed by atoms with Crippen LogP contribution < -0.4 is 5.32 Å². The molecule has 0 aromatic rings. The van der Waals surface area contributed by atoms with Gasteiger partial charge in [0.2, 0.25) is 5.91 Å². The lowest BCUT2D eigenvalue weighted by atomic mass is 9.98. The molecule has 1 fully saturated rings. The zero-order chi connectivity index (χ0) is 16.9. The van der Waals surface area contributed by atoms with Gasteiger partial charge in [-0.25, -0.2) is 0 Å². The molecule has 22 heavy (non-hydrogen) atoms. The smallest absolute Gasteiger partial charge is 0.217 e. The molecule has 0 bridgehead atoms. The van der Waals surface area contributed by atoms with E-state index in [9.17, 15) is 20.1 Å². The van der Waals surface area contributed by atoms with Crippen molar-refractivity contribution in [2.75, 3.05) is 19.7 Å². The molecule has 1 aliphatic heterocycles. The van der Waals surface area contributed by atoms with Crippen LogP contribution in [-0.4, -0.2) is 79.9 Å². The summed E-state index contributed by atoms with van der Waals surface area (Å²) in [4.78, 5) is 13.3. The molecule has 0 aromatic heterocycles. The van der Waals surface area contributed by atoms with Gasteiger partial charge in [-0.2, -0.15) is 0 Å². The van der Waals surface area contributed by atoms with Crippen molar-refractivity contribution in [1.29, 1.82) is 0 Å². The lowest BCUT2D eigenvalue weighted by Crippen LogP contribution is -2.63. The first-order valence-electron chi connectivity index (χ1n) is 7.20. The molecule has 1 saturated heterocycles. The molecule has 9 heteroatoms. The fraction of sp³-hybridized carbons (Fsp3) is 0.846. The van der Waals surface area contributed by atoms with Gasteiger partial charge in [0.15, 0.2) is 0 Å². The van der Waals surface area contributed by atoms with E-state index in [0.29, 0.717) is 4.32 Å². The number of carbonyl (C=O) groups is 1. The molecule has 0 aromatic carbocycles. The third kappa shape index (κ3) is 4.77. The molecule has 7 nitrogen and oxygen atoms in total. The number of nitrogens with one attached hydrogen (secondary N) is 1. The van der Waals surface area contributed by atoms with Crippen molar-refractivity contribution in [3.05, 3.63) is 0 Å². The van der Waals surface area contributed by atoms with E-state index in [2.05, 4.69) is 5.32 Å². The summed E-state index contributed by atoms with van der Waals surface area (Å²) in [5, 5.41) is 32.0. The van der Waals surface area contributed by atoms with Crippen molar-refractivity contribution in [2.24, 2.45) is 0 Å². The summed E-state index contributed by atoms with van der Waals surface area (Å²) in [6, 6.07) is -0.811. The first kappa shape index (κ1) is 19.6. The summed E-state index contributed by atoms with van der Waals surface area (Å²) in [6.07, 6.45) is -3.44. The number of carbonyl (C=O) groups excluding carboxylic acids is 1. The molecule has 4 N–H and O–H groups in total. The van der Waals surface area contributed by atoms with Gasteiger partial charge >= 0.3 is 0 Å². The first-order valence-corrected chi connectivity index (χ1v) is 8.49. The average Bonchev–Trinajstić information content (AvgIpc) is 2.47. The fourth-order valence-corrected chi connectivity index (χ4v) is 3.95. The number of nitrogens with zero attached hydrogens (tertiary/aromatic N) is 1. The summed E-state index contributed by atoms with van der Waals surface area (Å²) in [6.45, 7) is 6.29. The summed E-state index contributed by atoms with van der Waals surface area (Å²) < 4.78 is 6.19. The normalized spacial score (nSPS) is 31.6. The van der Waals surface area contributed by atoms with Crippen LogP contribution in [0, 0.1) is 0 Å². The zero-order valence-corrected chi connectivity index (χ0v) is 14.6. The quantitative estimate of drug-likeness (QED) is 0.481. The lowest BCUT2D eigenvalue weighted by Gasteiger charge is -2.42. The number of amides is 1. The Hall–Kier alpha value is -0.450. The van der Waals surface area contributed by atoms with Gasteiger partial charge in [-0.15, -0.1) is 0 Å². The Balaban J connectivity index is 2.89. The average molecular weight is 352 g/mol. The Morgan fingerprint density at radius 3 is 2.36 bits per heavy atom. The van der Waals surface area contributed by atoms with Crippen LogP contribution in [-0.2, 0) is 9.53 Å². The minimum absolute atomic E-state index is 0.346. The van der Waals surface area contributed by atoms with Gasteiger partial charge in [-0.1, -0.05) is 24.0 Å². The Morgan fingerprint density at radius 1 is 1.32 bits per heavy atom. The van der Waals surface area contributed by atoms with Gasteiger partial charge < -0.3 is 30.3 Å². The predicted octanol–water partition coefficient (Wildman–Crippen LogP) is -0.710. The van der Waals surface area contributed by atoms with Crippen LogP contribution in [0.4, 0.5) is 0 Å². The number of aliphatic hydroxyl groups is 3. The van der Waals surface area contributed by atoms with Gasteiger partial charge in [0.25, 0.3) is 0 Å². The van der Waals surface area contributed by atoms with Crippen LogP contribution in [0.5, 0.6) is 0 Å². The second-order valence-electron chi connectivity index (χ2n) is 4.99. The molecule has 0 unspecified atom stereocenters. The molecule has 5 atom stereocenters. The summed E-state index contributed by atoms with van der Waals surface area (Å²) >= 11 is 6.54. The van der Waals surface area contributed by atoms with E-state index in [0.717, 1.165) is 13.1 Å². The summed E-state index contributed by atoms with van der Waals surface area (Å²) in [5.74, 6) is -0.346. The van der Waals surface area contributed by atoms with E-state index in [4.69, 9.17) is 17.0 Å². The zero-order valence-electron chi connectivity index (χ0n) is 12.9. The Bertz CT molecular complexity index is 395. The van der Waals surface area contributed by atoms with Crippen molar-refractivity contribution >= 4 is 34.2 Å². The van der Waals surface area contributed by atoms with Gasteiger partial charge in [0.05, 0.1) is 12.6 Å². The van der Waals surface area contributed by atoms with Crippen LogP contribution in [0.25, 0.3) is 0 Å². The maximum atomic E-state index is 11.3. The highest BCUT2D eigenvalue weighted by atomic mass is 32.2. The van der Waals surface area contributed by atoms with Crippen molar-refractivity contribution in [3.63, 3.8) is 0 Å². The van der Waals surface area contributed by atoms with E-state index < -0.39 is 36.4 Å². The highest BCUT2D eigenvalue weighted by Crippen LogP contribution is 2.30. The van der Waals surface area contributed by atoms with Gasteiger partial charge in [-0.05, 0) is 13.8 Å². The Kier molecular flexibility index (Phi) is 8.01. The first-order chi connectivity index (χ1) is 10.3. The number of aliphatic hydroxyl groups excluding tert-OH is 3. The second-order valence-corrected chi connectivity index (χ2v) is 6.72. The molecule has 0 spiro atoms. The number of thiocarbonyl (C=S) groups is 1. The summed E-state index contributed by atoms with van der Waals surface area (Å²) in [5.41, 5.74) is -0.687. The molecule has 0 radical (unpaired) electrons. The van der Waals surface area contributed by atoms with Crippen LogP contribution in [0.1, 0.15) is 20.8 Å². The second kappa shape index (κ2) is 8.99. The molecule has 0 saturated carbocycles. The SMILES string of the molecule is CCN(CC)C(=S)S[C@@H]1O[C@H](CO)[C@@H](O)[C@H](O)[C@H]1NC(C)=O. The maximum absolute atomic E-state index is 11.3. The third-order valence-corrected chi connectivity index (χ3v) is 5.13. The summed E-state index contributed by atoms with van der Waals surface area (Å²) in [7, 11) is 0. The van der Waals surface area contributed by atoms with Gasteiger partial charge in [0, 0.05) is 20.0 Å². The predicted molar refractivity (Wildman–Crippen MR) is 88.5 cm³/mol. The van der Waals surface area contributed by atoms with Crippen molar-refractivity contribution < 1.29 is 24.9 Å². The molecule has 1 heterocycles. The van der Waals surface area contributed by atoms with Crippen molar-refractivity contribution in [1.82, 2.24) is 10.2 Å². The topological polar surface area (TPSA) is 102 Å². The molecule has 1 amide bonds. The minimum Gasteiger partial charge on any atom is -0.394 e. The van der Waals surface area contributed by atoms with Gasteiger partial charge in [-0.3, -0.25) is 4.79 Å². The number of ether oxygens (including phenoxy) is 1. The minimum atomic E-state index is -1.28. The number of rotatable bonds is 5.